The molecular weight excluding hydrogens is 456 g/mol. The zero-order valence-electron chi connectivity index (χ0n) is 16.6. The lowest BCUT2D eigenvalue weighted by Crippen LogP contribution is -2.26. The van der Waals surface area contributed by atoms with Crippen LogP contribution in [0, 0.1) is 0 Å². The zero-order chi connectivity index (χ0) is 23.8. The van der Waals surface area contributed by atoms with Gasteiger partial charge in [0.1, 0.15) is 13.2 Å². The van der Waals surface area contributed by atoms with Crippen LogP contribution < -0.4 is 14.8 Å². The monoisotopic (exact) mass is 471 g/mol. The molecule has 1 aliphatic rings. The van der Waals surface area contributed by atoms with Gasteiger partial charge < -0.3 is 14.8 Å². The lowest BCUT2D eigenvalue weighted by atomic mass is 10.1. The molecule has 1 amide bonds. The van der Waals surface area contributed by atoms with E-state index in [1.807, 2.05) is 0 Å². The predicted molar refractivity (Wildman–Crippen MR) is 102 cm³/mol. The molecule has 6 nitrogen and oxygen atoms in total. The van der Waals surface area contributed by atoms with Gasteiger partial charge in [-0.1, -0.05) is 12.1 Å². The maximum absolute atomic E-state index is 13.8. The first kappa shape index (κ1) is 22.5. The van der Waals surface area contributed by atoms with E-state index in [1.54, 1.807) is 18.2 Å². The van der Waals surface area contributed by atoms with E-state index < -0.39 is 40.8 Å². The average molecular weight is 471 g/mol. The second-order valence-corrected chi connectivity index (χ2v) is 7.03. The number of rotatable bonds is 4. The van der Waals surface area contributed by atoms with E-state index in [0.29, 0.717) is 42.5 Å². The van der Waals surface area contributed by atoms with Crippen molar-refractivity contribution < 1.29 is 40.6 Å². The van der Waals surface area contributed by atoms with E-state index in [0.717, 1.165) is 18.2 Å². The third-order valence-electron chi connectivity index (χ3n) is 4.76. The molecule has 0 spiro atoms. The van der Waals surface area contributed by atoms with Crippen LogP contribution in [0.15, 0.2) is 48.7 Å². The molecule has 0 radical (unpaired) electrons. The van der Waals surface area contributed by atoms with Crippen LogP contribution in [0.25, 0.3) is 5.69 Å². The highest BCUT2D eigenvalue weighted by atomic mass is 19.4. The summed E-state index contributed by atoms with van der Waals surface area (Å²) < 4.78 is 91.4. The maximum atomic E-state index is 13.8. The van der Waals surface area contributed by atoms with Gasteiger partial charge in [-0.25, -0.2) is 4.68 Å². The minimum Gasteiger partial charge on any atom is -0.486 e. The highest BCUT2D eigenvalue weighted by Gasteiger charge is 2.41. The van der Waals surface area contributed by atoms with Crippen molar-refractivity contribution in [2.45, 2.75) is 18.9 Å². The van der Waals surface area contributed by atoms with E-state index in [9.17, 15) is 31.1 Å². The van der Waals surface area contributed by atoms with Gasteiger partial charge in [-0.15, -0.1) is 0 Å². The second kappa shape index (κ2) is 8.34. The van der Waals surface area contributed by atoms with E-state index in [1.165, 1.54) is 0 Å². The molecule has 1 aromatic heterocycles. The molecule has 0 aliphatic carbocycles. The third kappa shape index (κ3) is 4.73. The van der Waals surface area contributed by atoms with Crippen molar-refractivity contribution in [3.05, 3.63) is 71.0 Å². The summed E-state index contributed by atoms with van der Waals surface area (Å²) in [6.45, 7) is 0.604. The maximum Gasteiger partial charge on any atom is 0.434 e. The molecule has 0 bridgehead atoms. The van der Waals surface area contributed by atoms with Crippen LogP contribution in [0.3, 0.4) is 0 Å². The summed E-state index contributed by atoms with van der Waals surface area (Å²) in [5, 5.41) is 5.91. The summed E-state index contributed by atoms with van der Waals surface area (Å²) in [7, 11) is 0. The van der Waals surface area contributed by atoms with Gasteiger partial charge in [-0.3, -0.25) is 4.79 Å². The second-order valence-electron chi connectivity index (χ2n) is 7.03. The molecule has 174 valence electrons. The van der Waals surface area contributed by atoms with E-state index in [4.69, 9.17) is 9.47 Å². The van der Waals surface area contributed by atoms with Crippen molar-refractivity contribution in [3.63, 3.8) is 0 Å². The number of nitrogens with one attached hydrogen (secondary N) is 1. The number of nitrogens with zero attached hydrogens (tertiary/aromatic N) is 2. The summed E-state index contributed by atoms with van der Waals surface area (Å²) in [6, 6.07) is 8.06. The van der Waals surface area contributed by atoms with Crippen molar-refractivity contribution >= 4 is 5.91 Å². The largest absolute Gasteiger partial charge is 0.486 e. The van der Waals surface area contributed by atoms with Gasteiger partial charge in [0, 0.05) is 6.54 Å². The number of alkyl halides is 6. The van der Waals surface area contributed by atoms with Crippen molar-refractivity contribution in [1.29, 1.82) is 0 Å². The van der Waals surface area contributed by atoms with Gasteiger partial charge >= 0.3 is 12.4 Å². The topological polar surface area (TPSA) is 65.4 Å². The number of fused-ring (bicyclic) bond motifs is 1. The van der Waals surface area contributed by atoms with Gasteiger partial charge in [-0.2, -0.15) is 31.4 Å². The molecule has 1 aliphatic heterocycles. The van der Waals surface area contributed by atoms with Gasteiger partial charge in [-0.05, 0) is 35.9 Å². The summed E-state index contributed by atoms with van der Waals surface area (Å²) in [5.41, 5.74) is -3.39. The van der Waals surface area contributed by atoms with Gasteiger partial charge in [0.25, 0.3) is 5.91 Å². The fourth-order valence-electron chi connectivity index (χ4n) is 3.27. The molecule has 2 aromatic carbocycles. The average Bonchev–Trinajstić information content (AvgIpc) is 3.23. The number of carbonyl (C=O) groups is 1. The van der Waals surface area contributed by atoms with Crippen molar-refractivity contribution in [3.8, 4) is 17.2 Å². The minimum atomic E-state index is -5.06. The van der Waals surface area contributed by atoms with Crippen molar-refractivity contribution in [1.82, 2.24) is 15.1 Å². The van der Waals surface area contributed by atoms with Crippen LogP contribution in [0.4, 0.5) is 26.3 Å². The Labute approximate surface area is 182 Å². The Bertz CT molecular complexity index is 1190. The fraction of sp³-hybridized carbons (Fsp3) is 0.238. The molecule has 0 fully saturated rings. The first-order valence-corrected chi connectivity index (χ1v) is 9.53. The molecular formula is C21H15F6N3O3. The minimum absolute atomic E-state index is 0.124. The van der Waals surface area contributed by atoms with Crippen molar-refractivity contribution in [2.75, 3.05) is 13.2 Å². The van der Waals surface area contributed by atoms with Crippen molar-refractivity contribution in [2.24, 2.45) is 0 Å². The standard InChI is InChI=1S/C21H15F6N3O3/c22-20(23,24)13-2-1-3-14(9-13)30-18(21(25,26)27)15(11-29-30)19(31)28-10-12-4-5-16-17(8-12)33-7-6-32-16/h1-5,8-9,11H,6-7,10H2,(H,28,31). The van der Waals surface area contributed by atoms with Gasteiger partial charge in [0.15, 0.2) is 17.2 Å². The number of ether oxygens (including phenoxy) is 2. The smallest absolute Gasteiger partial charge is 0.434 e. The Morgan fingerprint density at radius 1 is 0.970 bits per heavy atom. The van der Waals surface area contributed by atoms with E-state index in [-0.39, 0.29) is 11.2 Å². The van der Waals surface area contributed by atoms with E-state index >= 15 is 0 Å². The highest BCUT2D eigenvalue weighted by molar-refractivity contribution is 5.95. The van der Waals surface area contributed by atoms with Crippen LogP contribution >= 0.6 is 0 Å². The molecule has 0 atom stereocenters. The van der Waals surface area contributed by atoms with E-state index in [2.05, 4.69) is 10.4 Å². The molecule has 3 aromatic rings. The first-order chi connectivity index (χ1) is 15.5. The molecule has 33 heavy (non-hydrogen) atoms. The van der Waals surface area contributed by atoms with Crippen LogP contribution in [0.1, 0.15) is 27.2 Å². The quantitative estimate of drug-likeness (QED) is 0.565. The Kier molecular flexibility index (Phi) is 5.68. The Balaban J connectivity index is 1.61. The van der Waals surface area contributed by atoms with Gasteiger partial charge in [0.05, 0.1) is 23.0 Å². The summed E-state index contributed by atoms with van der Waals surface area (Å²) in [5.74, 6) is -0.130. The molecule has 2 heterocycles. The molecule has 4 rings (SSSR count). The van der Waals surface area contributed by atoms with Crippen LogP contribution in [-0.2, 0) is 18.9 Å². The lowest BCUT2D eigenvalue weighted by molar-refractivity contribution is -0.143. The Hall–Kier alpha value is -3.70. The molecule has 0 saturated carbocycles. The normalized spacial score (nSPS) is 13.6. The molecule has 12 heteroatoms. The van der Waals surface area contributed by atoms with Crippen LogP contribution in [0.2, 0.25) is 0 Å². The number of aromatic nitrogens is 2. The SMILES string of the molecule is O=C(NCc1ccc2c(c1)OCCO2)c1cnn(-c2cccc(C(F)(F)F)c2)c1C(F)(F)F. The number of amides is 1. The summed E-state index contributed by atoms with van der Waals surface area (Å²) in [4.78, 5) is 12.5. The molecule has 0 unspecified atom stereocenters. The van der Waals surface area contributed by atoms with Gasteiger partial charge in [0.2, 0.25) is 0 Å². The Morgan fingerprint density at radius 3 is 2.39 bits per heavy atom. The van der Waals surface area contributed by atoms with Crippen LogP contribution in [-0.4, -0.2) is 28.9 Å². The molecule has 1 N–H and O–H groups in total. The Morgan fingerprint density at radius 2 is 1.70 bits per heavy atom. The number of carbonyl (C=O) groups excluding carboxylic acids is 1. The fourth-order valence-corrected chi connectivity index (χ4v) is 3.27. The first-order valence-electron chi connectivity index (χ1n) is 9.53. The number of hydrogen-bond donors (Lipinski definition) is 1. The number of hydrogen-bond acceptors (Lipinski definition) is 4. The number of halogens is 6. The predicted octanol–water partition coefficient (Wildman–Crippen LogP) is 4.61. The summed E-state index contributed by atoms with van der Waals surface area (Å²) >= 11 is 0. The third-order valence-corrected chi connectivity index (χ3v) is 4.76. The van der Waals surface area contributed by atoms with Crippen LogP contribution in [0.5, 0.6) is 11.5 Å². The summed E-state index contributed by atoms with van der Waals surface area (Å²) in [6.07, 6.45) is -9.15. The number of benzene rings is 2. The molecule has 0 saturated heterocycles. The highest BCUT2D eigenvalue weighted by Crippen LogP contribution is 2.36. The zero-order valence-corrected chi connectivity index (χ0v) is 16.6. The lowest BCUT2D eigenvalue weighted by Gasteiger charge is -2.19.